The van der Waals surface area contributed by atoms with Crippen molar-refractivity contribution in [3.05, 3.63) is 78.3 Å². The maximum absolute atomic E-state index is 13.3. The monoisotopic (exact) mass is 385 g/mol. The number of ether oxygens (including phenoxy) is 2. The molecule has 2 heterocycles. The molecule has 0 spiro atoms. The minimum atomic E-state index is -3.77. The van der Waals surface area contributed by atoms with E-state index in [1.165, 1.54) is 16.6 Å². The van der Waals surface area contributed by atoms with Gasteiger partial charge in [-0.2, -0.15) is 4.31 Å². The van der Waals surface area contributed by atoms with Crippen LogP contribution in [0.5, 0.6) is 11.5 Å². The topological polar surface area (TPSA) is 69.0 Å². The molecule has 0 bridgehead atoms. The molecule has 0 aliphatic carbocycles. The van der Waals surface area contributed by atoms with E-state index >= 15 is 0 Å². The molecule has 0 unspecified atom stereocenters. The van der Waals surface area contributed by atoms with Crippen LogP contribution < -0.4 is 9.47 Å². The summed E-state index contributed by atoms with van der Waals surface area (Å²) in [5.41, 5.74) is 0.894. The van der Waals surface area contributed by atoms with Crippen molar-refractivity contribution in [2.75, 3.05) is 13.2 Å². The molecule has 7 heteroatoms. The van der Waals surface area contributed by atoms with Gasteiger partial charge in [0.05, 0.1) is 17.7 Å². The lowest BCUT2D eigenvalue weighted by molar-refractivity contribution is 0.171. The fourth-order valence-electron chi connectivity index (χ4n) is 2.92. The summed E-state index contributed by atoms with van der Waals surface area (Å²) in [6, 6.07) is 17.7. The van der Waals surface area contributed by atoms with Gasteiger partial charge in [-0.1, -0.05) is 30.3 Å². The zero-order chi connectivity index (χ0) is 18.7. The lowest BCUT2D eigenvalue weighted by atomic mass is 10.2. The van der Waals surface area contributed by atoms with Crippen LogP contribution in [0.15, 0.2) is 76.2 Å². The molecule has 3 aromatic rings. The first-order chi connectivity index (χ1) is 13.1. The Kier molecular flexibility index (Phi) is 4.87. The minimum absolute atomic E-state index is 0.138. The first-order valence-corrected chi connectivity index (χ1v) is 10.0. The van der Waals surface area contributed by atoms with E-state index in [-0.39, 0.29) is 18.0 Å². The number of hydrogen-bond acceptors (Lipinski definition) is 5. The van der Waals surface area contributed by atoms with E-state index in [0.29, 0.717) is 30.5 Å². The summed E-state index contributed by atoms with van der Waals surface area (Å²) in [6.07, 6.45) is 1.53. The predicted molar refractivity (Wildman–Crippen MR) is 99.0 cm³/mol. The Hall–Kier alpha value is -2.77. The molecule has 0 saturated carbocycles. The predicted octanol–water partition coefficient (Wildman–Crippen LogP) is 3.44. The molecular weight excluding hydrogens is 366 g/mol. The molecule has 27 heavy (non-hydrogen) atoms. The van der Waals surface area contributed by atoms with Crippen LogP contribution in [0, 0.1) is 0 Å². The second-order valence-corrected chi connectivity index (χ2v) is 8.08. The van der Waals surface area contributed by atoms with Gasteiger partial charge in [-0.05, 0) is 29.8 Å². The van der Waals surface area contributed by atoms with E-state index in [4.69, 9.17) is 13.9 Å². The molecule has 4 rings (SSSR count). The van der Waals surface area contributed by atoms with Crippen LogP contribution >= 0.6 is 0 Å². The van der Waals surface area contributed by atoms with Gasteiger partial charge in [0.2, 0.25) is 10.0 Å². The van der Waals surface area contributed by atoms with Gasteiger partial charge in [0.25, 0.3) is 0 Å². The van der Waals surface area contributed by atoms with Crippen molar-refractivity contribution in [3.63, 3.8) is 0 Å². The quantitative estimate of drug-likeness (QED) is 0.650. The summed E-state index contributed by atoms with van der Waals surface area (Å²) in [5.74, 6) is 1.58. The summed E-state index contributed by atoms with van der Waals surface area (Å²) in [7, 11) is -3.77. The maximum atomic E-state index is 13.3. The fraction of sp³-hybridized carbons (Fsp3) is 0.200. The highest BCUT2D eigenvalue weighted by atomic mass is 32.2. The fourth-order valence-corrected chi connectivity index (χ4v) is 4.33. The lowest BCUT2D eigenvalue weighted by Gasteiger charge is -2.23. The van der Waals surface area contributed by atoms with Crippen molar-refractivity contribution in [3.8, 4) is 11.5 Å². The minimum Gasteiger partial charge on any atom is -0.486 e. The van der Waals surface area contributed by atoms with Crippen molar-refractivity contribution in [1.82, 2.24) is 4.31 Å². The Morgan fingerprint density at radius 3 is 2.37 bits per heavy atom. The molecule has 1 aliphatic rings. The largest absolute Gasteiger partial charge is 0.486 e. The van der Waals surface area contributed by atoms with Gasteiger partial charge in [0, 0.05) is 12.6 Å². The van der Waals surface area contributed by atoms with Crippen molar-refractivity contribution >= 4 is 10.0 Å². The average Bonchev–Trinajstić information content (AvgIpc) is 3.21. The number of benzene rings is 2. The first-order valence-electron chi connectivity index (χ1n) is 8.59. The Balaban J connectivity index is 1.68. The van der Waals surface area contributed by atoms with E-state index in [9.17, 15) is 8.42 Å². The van der Waals surface area contributed by atoms with E-state index in [2.05, 4.69) is 0 Å². The van der Waals surface area contributed by atoms with Crippen molar-refractivity contribution in [2.24, 2.45) is 0 Å². The van der Waals surface area contributed by atoms with Crippen LogP contribution in [0.2, 0.25) is 0 Å². The Bertz CT molecular complexity index is 1000. The highest BCUT2D eigenvalue weighted by molar-refractivity contribution is 7.89. The van der Waals surface area contributed by atoms with Gasteiger partial charge in [-0.25, -0.2) is 8.42 Å². The molecule has 0 N–H and O–H groups in total. The van der Waals surface area contributed by atoms with Gasteiger partial charge in [0.1, 0.15) is 19.0 Å². The number of rotatable bonds is 6. The van der Waals surface area contributed by atoms with Crippen molar-refractivity contribution < 1.29 is 22.3 Å². The van der Waals surface area contributed by atoms with Gasteiger partial charge in [0.15, 0.2) is 11.5 Å². The number of hydrogen-bond donors (Lipinski definition) is 0. The molecule has 1 aromatic heterocycles. The zero-order valence-corrected chi connectivity index (χ0v) is 15.4. The molecule has 0 saturated heterocycles. The summed E-state index contributed by atoms with van der Waals surface area (Å²) in [6.45, 7) is 1.23. The lowest BCUT2D eigenvalue weighted by Crippen LogP contribution is -2.30. The van der Waals surface area contributed by atoms with Gasteiger partial charge >= 0.3 is 0 Å². The Labute approximate surface area is 158 Å². The molecule has 1 aliphatic heterocycles. The number of sulfonamides is 1. The van der Waals surface area contributed by atoms with Gasteiger partial charge in [-0.3, -0.25) is 0 Å². The zero-order valence-electron chi connectivity index (χ0n) is 14.6. The van der Waals surface area contributed by atoms with Crippen LogP contribution in [-0.4, -0.2) is 25.9 Å². The average molecular weight is 385 g/mol. The van der Waals surface area contributed by atoms with Crippen LogP contribution in [0.25, 0.3) is 0 Å². The SMILES string of the molecule is O=S(=O)(c1ccc2c(c1)OCCO2)N(Cc1ccccc1)Cc1ccco1. The molecule has 0 amide bonds. The Morgan fingerprint density at radius 1 is 0.852 bits per heavy atom. The van der Waals surface area contributed by atoms with E-state index < -0.39 is 10.0 Å². The molecule has 0 atom stereocenters. The summed E-state index contributed by atoms with van der Waals surface area (Å²) in [5, 5.41) is 0. The second kappa shape index (κ2) is 7.46. The molecule has 6 nitrogen and oxygen atoms in total. The Morgan fingerprint density at radius 2 is 1.63 bits per heavy atom. The third kappa shape index (κ3) is 3.84. The van der Waals surface area contributed by atoms with Crippen molar-refractivity contribution in [1.29, 1.82) is 0 Å². The molecule has 140 valence electrons. The maximum Gasteiger partial charge on any atom is 0.243 e. The number of nitrogens with zero attached hydrogens (tertiary/aromatic N) is 1. The standard InChI is InChI=1S/C20H19NO5S/c22-27(23,18-8-9-19-20(13-18)26-12-11-25-19)21(15-17-7-4-10-24-17)14-16-5-2-1-3-6-16/h1-10,13H,11-12,14-15H2. The van der Waals surface area contributed by atoms with Crippen LogP contribution in [0.3, 0.4) is 0 Å². The van der Waals surface area contributed by atoms with E-state index in [1.54, 1.807) is 24.3 Å². The smallest absolute Gasteiger partial charge is 0.243 e. The van der Waals surface area contributed by atoms with E-state index in [0.717, 1.165) is 5.56 Å². The molecule has 2 aromatic carbocycles. The molecule has 0 radical (unpaired) electrons. The van der Waals surface area contributed by atoms with E-state index in [1.807, 2.05) is 30.3 Å². The third-order valence-corrected chi connectivity index (χ3v) is 6.05. The number of furan rings is 1. The van der Waals surface area contributed by atoms with Crippen LogP contribution in [0.1, 0.15) is 11.3 Å². The number of fused-ring (bicyclic) bond motifs is 1. The summed E-state index contributed by atoms with van der Waals surface area (Å²) < 4.78 is 44.5. The van der Waals surface area contributed by atoms with Crippen molar-refractivity contribution in [2.45, 2.75) is 18.0 Å². The van der Waals surface area contributed by atoms with Crippen LogP contribution in [0.4, 0.5) is 0 Å². The highest BCUT2D eigenvalue weighted by Crippen LogP contribution is 2.33. The molecular formula is C20H19NO5S. The molecule has 0 fully saturated rings. The van der Waals surface area contributed by atoms with Gasteiger partial charge < -0.3 is 13.9 Å². The summed E-state index contributed by atoms with van der Waals surface area (Å²) in [4.78, 5) is 0.161. The summed E-state index contributed by atoms with van der Waals surface area (Å²) >= 11 is 0. The highest BCUT2D eigenvalue weighted by Gasteiger charge is 2.27. The second-order valence-electron chi connectivity index (χ2n) is 6.14. The normalized spacial score (nSPS) is 13.7. The first kappa shape index (κ1) is 17.6. The van der Waals surface area contributed by atoms with Crippen LogP contribution in [-0.2, 0) is 23.1 Å². The van der Waals surface area contributed by atoms with Gasteiger partial charge in [-0.15, -0.1) is 0 Å². The third-order valence-electron chi connectivity index (χ3n) is 4.27.